The average molecular weight is 417 g/mol. The van der Waals surface area contributed by atoms with E-state index in [1.807, 2.05) is 25.2 Å². The van der Waals surface area contributed by atoms with Gasteiger partial charge in [-0.1, -0.05) is 72.6 Å². The van der Waals surface area contributed by atoms with Gasteiger partial charge in [0.15, 0.2) is 0 Å². The highest BCUT2D eigenvalue weighted by atomic mass is 16.1. The third-order valence-corrected chi connectivity index (χ3v) is 5.43. The zero-order valence-corrected chi connectivity index (χ0v) is 19.1. The Morgan fingerprint density at radius 1 is 1.16 bits per heavy atom. The first-order valence-corrected chi connectivity index (χ1v) is 10.6. The Hall–Kier alpha value is -3.30. The van der Waals surface area contributed by atoms with E-state index in [0.717, 1.165) is 11.1 Å². The summed E-state index contributed by atoms with van der Waals surface area (Å²) < 4.78 is 0. The molecule has 0 saturated heterocycles. The summed E-state index contributed by atoms with van der Waals surface area (Å²) in [6.07, 6.45) is 15.6. The lowest BCUT2D eigenvalue weighted by atomic mass is 9.72. The molecule has 1 aromatic rings. The van der Waals surface area contributed by atoms with Crippen molar-refractivity contribution in [2.45, 2.75) is 53.9 Å². The van der Waals surface area contributed by atoms with Gasteiger partial charge >= 0.3 is 0 Å². The zero-order valence-electron chi connectivity index (χ0n) is 19.1. The molecule has 1 aliphatic rings. The van der Waals surface area contributed by atoms with Crippen LogP contribution in [0.4, 0.5) is 11.4 Å². The molecule has 0 saturated carbocycles. The van der Waals surface area contributed by atoms with Crippen LogP contribution in [0.5, 0.6) is 0 Å². The quantitative estimate of drug-likeness (QED) is 0.157. The number of hydrogen-bond acceptors (Lipinski definition) is 2. The van der Waals surface area contributed by atoms with Crippen LogP contribution in [-0.4, -0.2) is 5.91 Å². The number of nitrogens with one attached hydrogen (secondary N) is 1. The molecule has 0 spiro atoms. The monoisotopic (exact) mass is 416 g/mol. The van der Waals surface area contributed by atoms with Crippen LogP contribution in [0, 0.1) is 5.41 Å². The Morgan fingerprint density at radius 2 is 1.87 bits per heavy atom. The van der Waals surface area contributed by atoms with E-state index in [9.17, 15) is 4.79 Å². The number of carbonyl (C=O) groups is 1. The minimum Gasteiger partial charge on any atom is -0.323 e. The van der Waals surface area contributed by atoms with E-state index in [-0.39, 0.29) is 11.3 Å². The Balaban J connectivity index is 1.95. The molecule has 2 rings (SSSR count). The van der Waals surface area contributed by atoms with Gasteiger partial charge in [0.2, 0.25) is 5.91 Å². The van der Waals surface area contributed by atoms with Crippen LogP contribution in [0.1, 0.15) is 53.9 Å². The Bertz CT molecular complexity index is 998. The molecule has 0 atom stereocenters. The predicted octanol–water partition coefficient (Wildman–Crippen LogP) is 8.10. The van der Waals surface area contributed by atoms with Crippen LogP contribution in [0.3, 0.4) is 0 Å². The molecule has 0 aliphatic heterocycles. The predicted molar refractivity (Wildman–Crippen MR) is 130 cm³/mol. The number of amides is 1. The Kier molecular flexibility index (Phi) is 8.65. The van der Waals surface area contributed by atoms with Crippen molar-refractivity contribution in [3.05, 3.63) is 93.5 Å². The third kappa shape index (κ3) is 7.80. The molecule has 0 radical (unpaired) electrons. The molecule has 1 aliphatic carbocycles. The number of nitrogens with zero attached hydrogens (tertiary/aromatic N) is 3. The molecule has 1 N–H and O–H groups in total. The fraction of sp³-hybridized carbons (Fsp3) is 0.346. The maximum absolute atomic E-state index is 12.2. The van der Waals surface area contributed by atoms with Crippen molar-refractivity contribution >= 4 is 17.3 Å². The molecular weight excluding hydrogens is 384 g/mol. The fourth-order valence-corrected chi connectivity index (χ4v) is 3.73. The van der Waals surface area contributed by atoms with E-state index in [4.69, 9.17) is 5.53 Å². The second kappa shape index (κ2) is 11.2. The van der Waals surface area contributed by atoms with E-state index in [2.05, 4.69) is 55.2 Å². The molecule has 31 heavy (non-hydrogen) atoms. The van der Waals surface area contributed by atoms with Crippen LogP contribution in [0.2, 0.25) is 0 Å². The van der Waals surface area contributed by atoms with Crippen LogP contribution in [-0.2, 0) is 4.79 Å². The Morgan fingerprint density at radius 3 is 2.52 bits per heavy atom. The number of hydrogen-bond donors (Lipinski definition) is 1. The van der Waals surface area contributed by atoms with Crippen molar-refractivity contribution in [3.8, 4) is 0 Å². The lowest BCUT2D eigenvalue weighted by Gasteiger charge is -2.32. The van der Waals surface area contributed by atoms with E-state index >= 15 is 0 Å². The van der Waals surface area contributed by atoms with Crippen LogP contribution in [0.15, 0.2) is 88.1 Å². The number of carbonyl (C=O) groups excluding carboxylic acids is 1. The summed E-state index contributed by atoms with van der Waals surface area (Å²) in [5.41, 5.74) is 14.8. The van der Waals surface area contributed by atoms with Gasteiger partial charge < -0.3 is 5.32 Å². The minimum atomic E-state index is -0.207. The molecule has 5 heteroatoms. The van der Waals surface area contributed by atoms with E-state index in [1.54, 1.807) is 30.3 Å². The average Bonchev–Trinajstić information content (AvgIpc) is 2.68. The summed E-state index contributed by atoms with van der Waals surface area (Å²) in [5, 5.41) is 6.30. The molecule has 0 unspecified atom stereocenters. The van der Waals surface area contributed by atoms with Gasteiger partial charge in [0.05, 0.1) is 0 Å². The fourth-order valence-electron chi connectivity index (χ4n) is 3.73. The van der Waals surface area contributed by atoms with Crippen molar-refractivity contribution in [1.29, 1.82) is 0 Å². The minimum absolute atomic E-state index is 0.207. The van der Waals surface area contributed by atoms with Crippen molar-refractivity contribution in [2.75, 3.05) is 5.32 Å². The third-order valence-electron chi connectivity index (χ3n) is 5.43. The lowest BCUT2D eigenvalue weighted by Crippen LogP contribution is -2.19. The molecule has 162 valence electrons. The van der Waals surface area contributed by atoms with Crippen molar-refractivity contribution in [1.82, 2.24) is 0 Å². The first kappa shape index (κ1) is 24.0. The standard InChI is InChI=1S/C26H32N4O/c1-19(11-16-24-21(3)10-7-17-26(24,4)5)8-6-9-20(2)18-25(31)28-22-12-14-23(15-13-22)29-30-27/h6,8-9,11-16,18H,7,10,17H2,1-5H3,(H,28,31). The number of benzene rings is 1. The van der Waals surface area contributed by atoms with Crippen LogP contribution >= 0.6 is 0 Å². The van der Waals surface area contributed by atoms with Gasteiger partial charge in [-0.2, -0.15) is 0 Å². The summed E-state index contributed by atoms with van der Waals surface area (Å²) in [5.74, 6) is -0.207. The molecular formula is C26H32N4O. The van der Waals surface area contributed by atoms with E-state index in [1.165, 1.54) is 30.4 Å². The van der Waals surface area contributed by atoms with E-state index in [0.29, 0.717) is 11.4 Å². The van der Waals surface area contributed by atoms with Gasteiger partial charge in [0.25, 0.3) is 0 Å². The highest BCUT2D eigenvalue weighted by Crippen LogP contribution is 2.40. The van der Waals surface area contributed by atoms with Crippen molar-refractivity contribution in [3.63, 3.8) is 0 Å². The van der Waals surface area contributed by atoms with Gasteiger partial charge in [-0.3, -0.25) is 4.79 Å². The number of allylic oxidation sites excluding steroid dienone is 9. The summed E-state index contributed by atoms with van der Waals surface area (Å²) in [4.78, 5) is 14.9. The van der Waals surface area contributed by atoms with Gasteiger partial charge in [-0.05, 0) is 74.3 Å². The van der Waals surface area contributed by atoms with Crippen LogP contribution in [0.25, 0.3) is 10.4 Å². The summed E-state index contributed by atoms with van der Waals surface area (Å²) >= 11 is 0. The van der Waals surface area contributed by atoms with Crippen molar-refractivity contribution in [2.24, 2.45) is 10.5 Å². The largest absolute Gasteiger partial charge is 0.323 e. The van der Waals surface area contributed by atoms with Gasteiger partial charge in [0.1, 0.15) is 0 Å². The highest BCUT2D eigenvalue weighted by molar-refractivity contribution is 6.00. The maximum atomic E-state index is 12.2. The summed E-state index contributed by atoms with van der Waals surface area (Å²) in [6.45, 7) is 10.9. The smallest absolute Gasteiger partial charge is 0.248 e. The second-order valence-corrected chi connectivity index (χ2v) is 8.65. The van der Waals surface area contributed by atoms with Gasteiger partial charge in [0, 0.05) is 22.4 Å². The molecule has 0 bridgehead atoms. The van der Waals surface area contributed by atoms with E-state index < -0.39 is 0 Å². The summed E-state index contributed by atoms with van der Waals surface area (Å²) in [7, 11) is 0. The molecule has 0 fully saturated rings. The molecule has 0 aromatic heterocycles. The molecule has 0 heterocycles. The van der Waals surface area contributed by atoms with Gasteiger partial charge in [-0.25, -0.2) is 0 Å². The topological polar surface area (TPSA) is 77.9 Å². The van der Waals surface area contributed by atoms with Crippen LogP contribution < -0.4 is 5.32 Å². The molecule has 1 amide bonds. The zero-order chi connectivity index (χ0) is 22.9. The van der Waals surface area contributed by atoms with Crippen molar-refractivity contribution < 1.29 is 4.79 Å². The van der Waals surface area contributed by atoms with Gasteiger partial charge in [-0.15, -0.1) is 0 Å². The number of anilines is 1. The summed E-state index contributed by atoms with van der Waals surface area (Å²) in [6, 6.07) is 6.70. The molecule has 1 aromatic carbocycles. The second-order valence-electron chi connectivity index (χ2n) is 8.65. The Labute approximate surface area is 185 Å². The lowest BCUT2D eigenvalue weighted by molar-refractivity contribution is -0.111. The highest BCUT2D eigenvalue weighted by Gasteiger charge is 2.26. The first-order chi connectivity index (χ1) is 14.7. The number of rotatable bonds is 7. The normalized spacial score (nSPS) is 17.2. The molecule has 5 nitrogen and oxygen atoms in total. The first-order valence-electron chi connectivity index (χ1n) is 10.6. The SMILES string of the molecule is CC(C=CC1=C(C)CCCC1(C)C)=CC=CC(C)=CC(=O)Nc1ccc(N=[N+]=[N-])cc1. The maximum Gasteiger partial charge on any atom is 0.248 e. The number of azide groups is 1.